The summed E-state index contributed by atoms with van der Waals surface area (Å²) in [6.07, 6.45) is 2.62. The fraction of sp³-hybridized carbons (Fsp3) is 0.136. The van der Waals surface area contributed by atoms with E-state index >= 15 is 0 Å². The van der Waals surface area contributed by atoms with Crippen LogP contribution in [0.3, 0.4) is 0 Å². The summed E-state index contributed by atoms with van der Waals surface area (Å²) < 4.78 is 10.6. The summed E-state index contributed by atoms with van der Waals surface area (Å²) in [4.78, 5) is 36.9. The number of hydrogen-bond donors (Lipinski definition) is 0. The van der Waals surface area contributed by atoms with Crippen molar-refractivity contribution in [1.29, 1.82) is 0 Å². The molecule has 142 valence electrons. The highest BCUT2D eigenvalue weighted by Crippen LogP contribution is 2.23. The third-order valence-electron chi connectivity index (χ3n) is 4.16. The second kappa shape index (κ2) is 8.63. The summed E-state index contributed by atoms with van der Waals surface area (Å²) in [5.41, 5.74) is 0.849. The highest BCUT2D eigenvalue weighted by molar-refractivity contribution is 7.16. The summed E-state index contributed by atoms with van der Waals surface area (Å²) in [6.45, 7) is 0. The smallest absolute Gasteiger partial charge is 0.243 e. The zero-order chi connectivity index (χ0) is 20.1. The molecule has 0 spiro atoms. The lowest BCUT2D eigenvalue weighted by molar-refractivity contribution is -0.113. The number of ketones is 2. The van der Waals surface area contributed by atoms with Gasteiger partial charge in [0.05, 0.1) is 26.2 Å². The van der Waals surface area contributed by atoms with Crippen LogP contribution in [0.2, 0.25) is 0 Å². The Labute approximate surface area is 165 Å². The lowest BCUT2D eigenvalue weighted by Gasteiger charge is -2.03. The summed E-state index contributed by atoms with van der Waals surface area (Å²) in [5.74, 6) is 0.515. The van der Waals surface area contributed by atoms with Crippen LogP contribution in [0.25, 0.3) is 16.2 Å². The fourth-order valence-corrected chi connectivity index (χ4v) is 3.53. The van der Waals surface area contributed by atoms with E-state index in [-0.39, 0.29) is 22.5 Å². The van der Waals surface area contributed by atoms with Gasteiger partial charge >= 0.3 is 0 Å². The number of rotatable bonds is 7. The average Bonchev–Trinajstić information content (AvgIpc) is 2.71. The Balaban J connectivity index is 1.74. The molecule has 0 atom stereocenters. The van der Waals surface area contributed by atoms with Gasteiger partial charge < -0.3 is 9.47 Å². The molecule has 0 unspecified atom stereocenters. The molecule has 0 bridgehead atoms. The van der Waals surface area contributed by atoms with Crippen LogP contribution in [0.1, 0.15) is 22.3 Å². The van der Waals surface area contributed by atoms with Crippen molar-refractivity contribution in [2.75, 3.05) is 14.2 Å². The summed E-state index contributed by atoms with van der Waals surface area (Å²) in [6, 6.07) is 14.0. The summed E-state index contributed by atoms with van der Waals surface area (Å²) in [7, 11) is 3.13. The molecule has 28 heavy (non-hydrogen) atoms. The molecule has 5 nitrogen and oxygen atoms in total. The molecule has 0 aliphatic carbocycles. The predicted molar refractivity (Wildman–Crippen MR) is 111 cm³/mol. The molecule has 3 rings (SSSR count). The quantitative estimate of drug-likeness (QED) is 0.342. The van der Waals surface area contributed by atoms with Crippen molar-refractivity contribution in [1.82, 2.24) is 0 Å². The van der Waals surface area contributed by atoms with Crippen molar-refractivity contribution in [3.05, 3.63) is 75.3 Å². The molecule has 1 heterocycles. The van der Waals surface area contributed by atoms with E-state index in [0.29, 0.717) is 5.75 Å². The minimum Gasteiger partial charge on any atom is -0.497 e. The van der Waals surface area contributed by atoms with Crippen molar-refractivity contribution in [3.63, 3.8) is 0 Å². The van der Waals surface area contributed by atoms with Crippen LogP contribution < -0.4 is 14.2 Å². The minimum atomic E-state index is -0.483. The Hall–Kier alpha value is -3.25. The lowest BCUT2D eigenvalue weighted by atomic mass is 10.1. The van der Waals surface area contributed by atoms with Crippen molar-refractivity contribution in [2.45, 2.75) is 6.42 Å². The first-order chi connectivity index (χ1) is 13.5. The van der Waals surface area contributed by atoms with Crippen molar-refractivity contribution in [3.8, 4) is 11.5 Å². The molecule has 0 aliphatic rings. The van der Waals surface area contributed by atoms with E-state index in [1.54, 1.807) is 62.8 Å². The number of fused-ring (bicyclic) bond motifs is 1. The van der Waals surface area contributed by atoms with Crippen LogP contribution in [-0.2, 0) is 4.79 Å². The van der Waals surface area contributed by atoms with E-state index in [9.17, 15) is 14.4 Å². The molecule has 2 aromatic carbocycles. The predicted octanol–water partition coefficient (Wildman–Crippen LogP) is 4.13. The Morgan fingerprint density at radius 1 is 0.964 bits per heavy atom. The topological polar surface area (TPSA) is 69.7 Å². The second-order valence-corrected chi connectivity index (χ2v) is 7.04. The third-order valence-corrected chi connectivity index (χ3v) is 5.13. The van der Waals surface area contributed by atoms with Crippen LogP contribution in [0.15, 0.2) is 59.4 Å². The number of allylic oxidation sites excluding steroid dienone is 1. The van der Waals surface area contributed by atoms with Gasteiger partial charge in [-0.3, -0.25) is 14.4 Å². The van der Waals surface area contributed by atoms with Crippen molar-refractivity contribution >= 4 is 39.1 Å². The zero-order valence-electron chi connectivity index (χ0n) is 15.4. The van der Waals surface area contributed by atoms with Crippen LogP contribution in [0, 0.1) is 0 Å². The van der Waals surface area contributed by atoms with Gasteiger partial charge in [0.2, 0.25) is 4.74 Å². The van der Waals surface area contributed by atoms with Crippen molar-refractivity contribution in [2.24, 2.45) is 0 Å². The molecule has 0 saturated carbocycles. The van der Waals surface area contributed by atoms with E-state index in [0.717, 1.165) is 32.7 Å². The largest absolute Gasteiger partial charge is 0.497 e. The number of hydrogen-bond acceptors (Lipinski definition) is 6. The first-order valence-electron chi connectivity index (χ1n) is 8.50. The molecule has 3 aromatic rings. The minimum absolute atomic E-state index is 0.0360. The maximum Gasteiger partial charge on any atom is 0.243 e. The number of Topliss-reactive ketones (excluding diaryl/α,β-unsaturated/α-hetero) is 1. The number of methoxy groups -OCH3 is 2. The van der Waals surface area contributed by atoms with Gasteiger partial charge in [-0.25, -0.2) is 0 Å². The third kappa shape index (κ3) is 4.53. The Morgan fingerprint density at radius 3 is 2.32 bits per heavy atom. The van der Waals surface area contributed by atoms with Crippen LogP contribution in [0.5, 0.6) is 11.5 Å². The molecular formula is C22H18O5S. The monoisotopic (exact) mass is 394 g/mol. The van der Waals surface area contributed by atoms with Gasteiger partial charge in [0.25, 0.3) is 0 Å². The van der Waals surface area contributed by atoms with E-state index in [2.05, 4.69) is 0 Å². The summed E-state index contributed by atoms with van der Waals surface area (Å²) >= 11 is 0.969. The lowest BCUT2D eigenvalue weighted by Crippen LogP contribution is -2.14. The Morgan fingerprint density at radius 2 is 1.64 bits per heavy atom. The molecule has 0 N–H and O–H groups in total. The Kier molecular flexibility index (Phi) is 6.01. The van der Waals surface area contributed by atoms with Gasteiger partial charge in [-0.1, -0.05) is 29.5 Å². The molecule has 6 heteroatoms. The number of ether oxygens (including phenoxy) is 2. The van der Waals surface area contributed by atoms with Crippen LogP contribution in [0.4, 0.5) is 0 Å². The zero-order valence-corrected chi connectivity index (χ0v) is 16.2. The number of carbonyl (C=O) groups excluding carboxylic acids is 2. The molecule has 1 aromatic heterocycles. The highest BCUT2D eigenvalue weighted by Gasteiger charge is 2.15. The summed E-state index contributed by atoms with van der Waals surface area (Å²) in [5, 5.41) is 0.759. The molecule has 0 radical (unpaired) electrons. The normalized spacial score (nSPS) is 10.9. The molecule has 0 aliphatic heterocycles. The molecule has 0 fully saturated rings. The van der Waals surface area contributed by atoms with Gasteiger partial charge in [0.15, 0.2) is 11.6 Å². The molecular weight excluding hydrogens is 376 g/mol. The number of benzene rings is 2. The van der Waals surface area contributed by atoms with Gasteiger partial charge in [0.1, 0.15) is 11.5 Å². The molecule has 0 amide bonds. The van der Waals surface area contributed by atoms with E-state index in [1.165, 1.54) is 12.1 Å². The maximum absolute atomic E-state index is 12.4. The van der Waals surface area contributed by atoms with Gasteiger partial charge in [-0.05, 0) is 53.4 Å². The SMILES string of the molecule is COc1ccc(C=CC(=O)CC(=O)c2cc3ccc(OC)cc3sc2=O)cc1. The first-order valence-corrected chi connectivity index (χ1v) is 9.32. The number of carbonyl (C=O) groups is 2. The van der Waals surface area contributed by atoms with E-state index < -0.39 is 5.78 Å². The van der Waals surface area contributed by atoms with Gasteiger partial charge in [-0.15, -0.1) is 0 Å². The fourth-order valence-electron chi connectivity index (χ4n) is 2.63. The average molecular weight is 394 g/mol. The van der Waals surface area contributed by atoms with E-state index in [1.807, 2.05) is 0 Å². The van der Waals surface area contributed by atoms with Crippen molar-refractivity contribution < 1.29 is 19.1 Å². The first kappa shape index (κ1) is 19.5. The highest BCUT2D eigenvalue weighted by atomic mass is 32.1. The Bertz CT molecular complexity index is 1110. The standard InChI is InChI=1S/C22H18O5S/c1-26-17-8-4-14(5-9-17)3-7-16(23)12-20(24)19-11-15-6-10-18(27-2)13-21(15)28-22(19)25/h3-11,13H,12H2,1-2H3. The van der Waals surface area contributed by atoms with E-state index in [4.69, 9.17) is 9.47 Å². The molecule has 0 saturated heterocycles. The van der Waals surface area contributed by atoms with Gasteiger partial charge in [0, 0.05) is 4.70 Å². The van der Waals surface area contributed by atoms with Crippen LogP contribution >= 0.6 is 11.3 Å². The van der Waals surface area contributed by atoms with Crippen LogP contribution in [-0.4, -0.2) is 25.8 Å². The maximum atomic E-state index is 12.4. The second-order valence-electron chi connectivity index (χ2n) is 6.02. The van der Waals surface area contributed by atoms with Gasteiger partial charge in [-0.2, -0.15) is 0 Å².